The van der Waals surface area contributed by atoms with E-state index in [-0.39, 0.29) is 11.9 Å². The number of piperidine rings is 1. The van der Waals surface area contributed by atoms with E-state index < -0.39 is 0 Å². The largest absolute Gasteiger partial charge is 0.348 e. The van der Waals surface area contributed by atoms with Gasteiger partial charge in [-0.3, -0.25) is 9.69 Å². The molecule has 0 radical (unpaired) electrons. The fraction of sp³-hybridized carbons (Fsp3) is 0.389. The molecule has 0 spiro atoms. The van der Waals surface area contributed by atoms with Crippen LogP contribution in [0.15, 0.2) is 36.8 Å². The van der Waals surface area contributed by atoms with Gasteiger partial charge in [0.05, 0.1) is 24.2 Å². The van der Waals surface area contributed by atoms with Gasteiger partial charge in [-0.05, 0) is 30.5 Å². The van der Waals surface area contributed by atoms with Crippen molar-refractivity contribution < 1.29 is 4.79 Å². The highest BCUT2D eigenvalue weighted by Gasteiger charge is 2.22. The minimum atomic E-state index is -0.0600. The molecule has 1 aromatic carbocycles. The van der Waals surface area contributed by atoms with E-state index in [1.165, 1.54) is 0 Å². The zero-order valence-electron chi connectivity index (χ0n) is 13.8. The van der Waals surface area contributed by atoms with Gasteiger partial charge in [-0.15, -0.1) is 0 Å². The smallest absolute Gasteiger partial charge is 0.269 e. The Morgan fingerprint density at radius 1 is 1.42 bits per heavy atom. The third kappa shape index (κ3) is 3.81. The van der Waals surface area contributed by atoms with Gasteiger partial charge in [-0.1, -0.05) is 12.1 Å². The molecule has 6 nitrogen and oxygen atoms in total. The molecule has 24 heavy (non-hydrogen) atoms. The van der Waals surface area contributed by atoms with Crippen LogP contribution in [0.25, 0.3) is 0 Å². The van der Waals surface area contributed by atoms with E-state index in [4.69, 9.17) is 5.26 Å². The van der Waals surface area contributed by atoms with E-state index in [9.17, 15) is 4.79 Å². The van der Waals surface area contributed by atoms with E-state index in [0.717, 1.165) is 38.0 Å². The number of aromatic nitrogens is 2. The number of nitrogens with one attached hydrogen (secondary N) is 1. The predicted octanol–water partition coefficient (Wildman–Crippen LogP) is 1.69. The summed E-state index contributed by atoms with van der Waals surface area (Å²) in [5.41, 5.74) is 2.45. The first-order chi connectivity index (χ1) is 11.7. The summed E-state index contributed by atoms with van der Waals surface area (Å²) >= 11 is 0. The van der Waals surface area contributed by atoms with Crippen LogP contribution < -0.4 is 5.32 Å². The summed E-state index contributed by atoms with van der Waals surface area (Å²) in [4.78, 5) is 18.6. The monoisotopic (exact) mass is 323 g/mol. The Morgan fingerprint density at radius 3 is 2.88 bits per heavy atom. The first-order valence-corrected chi connectivity index (χ1v) is 8.14. The van der Waals surface area contributed by atoms with Gasteiger partial charge in [0, 0.05) is 32.7 Å². The molecule has 0 unspecified atom stereocenters. The van der Waals surface area contributed by atoms with Crippen molar-refractivity contribution >= 4 is 5.91 Å². The van der Waals surface area contributed by atoms with Crippen molar-refractivity contribution in [1.29, 1.82) is 5.26 Å². The molecule has 1 aliphatic heterocycles. The molecule has 2 aromatic rings. The summed E-state index contributed by atoms with van der Waals surface area (Å²) in [6, 6.07) is 10.1. The SMILES string of the molecule is Cn1cncc1C(=O)NC1CCN(Cc2cccc(C#N)c2)CC1. The summed E-state index contributed by atoms with van der Waals surface area (Å²) in [7, 11) is 1.82. The lowest BCUT2D eigenvalue weighted by atomic mass is 10.0. The van der Waals surface area contributed by atoms with Crippen LogP contribution in [0.3, 0.4) is 0 Å². The van der Waals surface area contributed by atoms with E-state index in [1.807, 2.05) is 25.2 Å². The van der Waals surface area contributed by atoms with E-state index in [0.29, 0.717) is 11.3 Å². The number of hydrogen-bond donors (Lipinski definition) is 1. The Labute approximate surface area is 141 Å². The Balaban J connectivity index is 1.50. The van der Waals surface area contributed by atoms with Crippen LogP contribution >= 0.6 is 0 Å². The van der Waals surface area contributed by atoms with Crippen molar-refractivity contribution in [2.75, 3.05) is 13.1 Å². The number of aryl methyl sites for hydroxylation is 1. The predicted molar refractivity (Wildman–Crippen MR) is 90.1 cm³/mol. The van der Waals surface area contributed by atoms with E-state index >= 15 is 0 Å². The Morgan fingerprint density at radius 2 is 2.21 bits per heavy atom. The second kappa shape index (κ2) is 7.28. The molecular formula is C18H21N5O. The normalized spacial score (nSPS) is 15.8. The number of carbonyl (C=O) groups excluding carboxylic acids is 1. The molecule has 1 aromatic heterocycles. The molecule has 2 heterocycles. The number of hydrogen-bond acceptors (Lipinski definition) is 4. The third-order valence-corrected chi connectivity index (χ3v) is 4.43. The Hall–Kier alpha value is -2.65. The van der Waals surface area contributed by atoms with Crippen LogP contribution in [0.4, 0.5) is 0 Å². The fourth-order valence-corrected chi connectivity index (χ4v) is 3.07. The van der Waals surface area contributed by atoms with Gasteiger partial charge >= 0.3 is 0 Å². The second-order valence-electron chi connectivity index (χ2n) is 6.23. The maximum Gasteiger partial charge on any atom is 0.269 e. The highest BCUT2D eigenvalue weighted by molar-refractivity contribution is 5.92. The number of amides is 1. The fourth-order valence-electron chi connectivity index (χ4n) is 3.07. The number of carbonyl (C=O) groups is 1. The Kier molecular flexibility index (Phi) is 4.92. The standard InChI is InChI=1S/C18H21N5O/c1-22-13-20-11-17(22)18(24)21-16-5-7-23(8-6-16)12-15-4-2-3-14(9-15)10-19/h2-4,9,11,13,16H,5-8,12H2,1H3,(H,21,24). The molecule has 0 aliphatic carbocycles. The average Bonchev–Trinajstić information content (AvgIpc) is 3.03. The van der Waals surface area contributed by atoms with Gasteiger partial charge in [0.1, 0.15) is 5.69 Å². The number of likely N-dealkylation sites (tertiary alicyclic amines) is 1. The molecule has 1 fully saturated rings. The van der Waals surface area contributed by atoms with Crippen molar-refractivity contribution in [2.45, 2.75) is 25.4 Å². The quantitative estimate of drug-likeness (QED) is 0.929. The van der Waals surface area contributed by atoms with Crippen molar-refractivity contribution in [2.24, 2.45) is 7.05 Å². The summed E-state index contributed by atoms with van der Waals surface area (Å²) in [5, 5.41) is 12.1. The minimum absolute atomic E-state index is 0.0600. The molecule has 124 valence electrons. The number of imidazole rings is 1. The molecule has 0 atom stereocenters. The minimum Gasteiger partial charge on any atom is -0.348 e. The molecule has 0 bridgehead atoms. The summed E-state index contributed by atoms with van der Waals surface area (Å²) in [6.07, 6.45) is 5.09. The summed E-state index contributed by atoms with van der Waals surface area (Å²) in [5.74, 6) is -0.0600. The lowest BCUT2D eigenvalue weighted by Gasteiger charge is -2.32. The topological polar surface area (TPSA) is 74.0 Å². The number of nitrogens with zero attached hydrogens (tertiary/aromatic N) is 4. The first-order valence-electron chi connectivity index (χ1n) is 8.14. The lowest BCUT2D eigenvalue weighted by Crippen LogP contribution is -2.44. The van der Waals surface area contributed by atoms with Crippen molar-refractivity contribution in [1.82, 2.24) is 19.8 Å². The highest BCUT2D eigenvalue weighted by Crippen LogP contribution is 2.15. The summed E-state index contributed by atoms with van der Waals surface area (Å²) in [6.45, 7) is 2.72. The molecule has 1 saturated heterocycles. The van der Waals surface area contributed by atoms with Gasteiger partial charge in [0.15, 0.2) is 0 Å². The van der Waals surface area contributed by atoms with Gasteiger partial charge in [0.2, 0.25) is 0 Å². The maximum absolute atomic E-state index is 12.2. The number of benzene rings is 1. The maximum atomic E-state index is 12.2. The molecule has 1 N–H and O–H groups in total. The summed E-state index contributed by atoms with van der Waals surface area (Å²) < 4.78 is 1.73. The average molecular weight is 323 g/mol. The molecular weight excluding hydrogens is 302 g/mol. The third-order valence-electron chi connectivity index (χ3n) is 4.43. The number of rotatable bonds is 4. The van der Waals surface area contributed by atoms with Gasteiger partial charge < -0.3 is 9.88 Å². The molecule has 1 amide bonds. The van der Waals surface area contributed by atoms with E-state index in [1.54, 1.807) is 17.1 Å². The van der Waals surface area contributed by atoms with E-state index in [2.05, 4.69) is 27.3 Å². The van der Waals surface area contributed by atoms with Crippen LogP contribution in [0.1, 0.15) is 34.5 Å². The first kappa shape index (κ1) is 16.2. The molecule has 3 rings (SSSR count). The molecule has 6 heteroatoms. The zero-order chi connectivity index (χ0) is 16.9. The zero-order valence-corrected chi connectivity index (χ0v) is 13.8. The lowest BCUT2D eigenvalue weighted by molar-refractivity contribution is 0.0900. The van der Waals surface area contributed by atoms with Crippen molar-refractivity contribution in [3.05, 3.63) is 53.6 Å². The van der Waals surface area contributed by atoms with Gasteiger partial charge in [-0.2, -0.15) is 5.26 Å². The van der Waals surface area contributed by atoms with Crippen molar-refractivity contribution in [3.8, 4) is 6.07 Å². The Bertz CT molecular complexity index is 753. The van der Waals surface area contributed by atoms with Crippen LogP contribution in [0.5, 0.6) is 0 Å². The van der Waals surface area contributed by atoms with Crippen LogP contribution in [0, 0.1) is 11.3 Å². The molecule has 0 saturated carbocycles. The second-order valence-corrected chi connectivity index (χ2v) is 6.23. The van der Waals surface area contributed by atoms with Gasteiger partial charge in [0.25, 0.3) is 5.91 Å². The van der Waals surface area contributed by atoms with Crippen LogP contribution in [-0.4, -0.2) is 39.5 Å². The molecule has 1 aliphatic rings. The highest BCUT2D eigenvalue weighted by atomic mass is 16.2. The van der Waals surface area contributed by atoms with Crippen LogP contribution in [0.2, 0.25) is 0 Å². The van der Waals surface area contributed by atoms with Gasteiger partial charge in [-0.25, -0.2) is 4.98 Å². The van der Waals surface area contributed by atoms with Crippen LogP contribution in [-0.2, 0) is 13.6 Å². The number of nitriles is 1. The van der Waals surface area contributed by atoms with Crippen molar-refractivity contribution in [3.63, 3.8) is 0 Å².